The molecule has 2 rings (SSSR count). The number of ether oxygens (including phenoxy) is 1. The molecule has 6 nitrogen and oxygen atoms in total. The van der Waals surface area contributed by atoms with E-state index in [9.17, 15) is 4.79 Å². The standard InChI is InChI=1S/C15H18N3O3.Y/c1-9-6-7-13(10(2)8-9)14(19)18(12(4)20-5)15-17-16-11(3)21-15;/h6-7,12H,1-5H3;/q-1;. The Balaban J connectivity index is 0.00000242. The van der Waals surface area contributed by atoms with Crippen molar-refractivity contribution in [2.24, 2.45) is 0 Å². The first-order valence-corrected chi connectivity index (χ1v) is 6.60. The first-order chi connectivity index (χ1) is 9.93. The molecule has 0 N–H and O–H groups in total. The molecule has 22 heavy (non-hydrogen) atoms. The third kappa shape index (κ3) is 4.00. The minimum atomic E-state index is -0.530. The third-order valence-electron chi connectivity index (χ3n) is 3.16. The molecule has 1 heterocycles. The molecule has 0 saturated carbocycles. The molecule has 1 aromatic heterocycles. The van der Waals surface area contributed by atoms with Crippen LogP contribution in [0.25, 0.3) is 0 Å². The number of amides is 1. The van der Waals surface area contributed by atoms with Crippen LogP contribution in [-0.4, -0.2) is 29.4 Å². The summed E-state index contributed by atoms with van der Waals surface area (Å²) < 4.78 is 10.6. The van der Waals surface area contributed by atoms with Crippen molar-refractivity contribution in [1.82, 2.24) is 10.2 Å². The molecular formula is C15H18N3O3Y-. The normalized spacial score (nSPS) is 11.7. The second-order valence-electron chi connectivity index (χ2n) is 4.79. The average Bonchev–Trinajstić information content (AvgIpc) is 2.84. The number of hydrogen-bond acceptors (Lipinski definition) is 5. The van der Waals surface area contributed by atoms with Crippen LogP contribution in [0.15, 0.2) is 16.5 Å². The Hall–Kier alpha value is -1.11. The van der Waals surface area contributed by atoms with Gasteiger partial charge in [-0.1, -0.05) is 24.5 Å². The molecule has 0 spiro atoms. The van der Waals surface area contributed by atoms with Gasteiger partial charge in [-0.15, -0.1) is 5.10 Å². The van der Waals surface area contributed by atoms with Crippen molar-refractivity contribution in [3.05, 3.63) is 40.8 Å². The van der Waals surface area contributed by atoms with E-state index in [2.05, 4.69) is 16.3 Å². The molecule has 0 saturated heterocycles. The Bertz CT molecular complexity index is 657. The number of benzene rings is 1. The van der Waals surface area contributed by atoms with Crippen LogP contribution in [0.4, 0.5) is 6.01 Å². The maximum atomic E-state index is 12.8. The Morgan fingerprint density at radius 1 is 1.32 bits per heavy atom. The van der Waals surface area contributed by atoms with E-state index in [0.29, 0.717) is 11.5 Å². The Labute approximate surface area is 155 Å². The summed E-state index contributed by atoms with van der Waals surface area (Å²) in [7, 11) is 1.52. The van der Waals surface area contributed by atoms with E-state index in [0.717, 1.165) is 11.1 Å². The average molecular weight is 377 g/mol. The molecule has 0 fully saturated rings. The maximum Gasteiger partial charge on any atom is 0.326 e. The van der Waals surface area contributed by atoms with Gasteiger partial charge in [-0.2, -0.15) is 29.3 Å². The zero-order chi connectivity index (χ0) is 15.6. The number of nitrogens with zero attached hydrogens (tertiary/aromatic N) is 3. The fourth-order valence-corrected chi connectivity index (χ4v) is 2.00. The van der Waals surface area contributed by atoms with Gasteiger partial charge in [0.25, 0.3) is 0 Å². The van der Waals surface area contributed by atoms with E-state index in [1.807, 2.05) is 19.9 Å². The SMILES string of the molecule is COC(C)N(C(=O)c1ccc(C)[c-]c1C)c1nnc(C)o1.[Y]. The molecule has 1 amide bonds. The molecule has 1 atom stereocenters. The van der Waals surface area contributed by atoms with Crippen molar-refractivity contribution < 1.29 is 46.7 Å². The van der Waals surface area contributed by atoms with E-state index in [1.54, 1.807) is 19.9 Å². The molecule has 7 heteroatoms. The predicted molar refractivity (Wildman–Crippen MR) is 77.1 cm³/mol. The van der Waals surface area contributed by atoms with Crippen LogP contribution in [0.1, 0.15) is 34.3 Å². The van der Waals surface area contributed by atoms with Crippen molar-refractivity contribution in [3.8, 4) is 0 Å². The van der Waals surface area contributed by atoms with Gasteiger partial charge in [0.15, 0.2) is 0 Å². The number of carbonyl (C=O) groups is 1. The molecule has 1 unspecified atom stereocenters. The van der Waals surface area contributed by atoms with Gasteiger partial charge in [0, 0.05) is 46.7 Å². The monoisotopic (exact) mass is 377 g/mol. The summed E-state index contributed by atoms with van der Waals surface area (Å²) in [6, 6.07) is 6.86. The van der Waals surface area contributed by atoms with Crippen molar-refractivity contribution in [2.75, 3.05) is 12.0 Å². The number of aromatic nitrogens is 2. The molecule has 0 bridgehead atoms. The fraction of sp³-hybridized carbons (Fsp3) is 0.400. The van der Waals surface area contributed by atoms with Gasteiger partial charge < -0.3 is 9.15 Å². The summed E-state index contributed by atoms with van der Waals surface area (Å²) >= 11 is 0. The van der Waals surface area contributed by atoms with Gasteiger partial charge in [0.05, 0.1) is 0 Å². The third-order valence-corrected chi connectivity index (χ3v) is 3.16. The summed E-state index contributed by atoms with van der Waals surface area (Å²) in [5.41, 5.74) is 2.27. The first-order valence-electron chi connectivity index (χ1n) is 6.60. The summed E-state index contributed by atoms with van der Waals surface area (Å²) in [5.74, 6) is 0.125. The van der Waals surface area contributed by atoms with E-state index in [-0.39, 0.29) is 44.6 Å². The van der Waals surface area contributed by atoms with E-state index < -0.39 is 6.23 Å². The van der Waals surface area contributed by atoms with E-state index in [4.69, 9.17) is 9.15 Å². The van der Waals surface area contributed by atoms with Gasteiger partial charge in [-0.25, -0.2) is 4.90 Å². The second-order valence-corrected chi connectivity index (χ2v) is 4.79. The molecule has 1 aromatic carbocycles. The summed E-state index contributed by atoms with van der Waals surface area (Å²) in [6.45, 7) is 7.18. The number of methoxy groups -OCH3 is 1. The van der Waals surface area contributed by atoms with Crippen LogP contribution in [0.3, 0.4) is 0 Å². The maximum absolute atomic E-state index is 12.8. The smallest absolute Gasteiger partial charge is 0.326 e. The molecule has 0 aliphatic carbocycles. The zero-order valence-electron chi connectivity index (χ0n) is 13.4. The zero-order valence-corrected chi connectivity index (χ0v) is 16.2. The number of aryl methyl sites for hydroxylation is 3. The Morgan fingerprint density at radius 2 is 2.00 bits per heavy atom. The molecule has 115 valence electrons. The first kappa shape index (κ1) is 18.9. The van der Waals surface area contributed by atoms with Gasteiger partial charge in [-0.3, -0.25) is 4.79 Å². The largest absolute Gasteiger partial charge is 0.408 e. The number of hydrogen-bond donors (Lipinski definition) is 0. The Morgan fingerprint density at radius 3 is 2.50 bits per heavy atom. The summed E-state index contributed by atoms with van der Waals surface area (Å²) in [4.78, 5) is 14.1. The molecular weight excluding hydrogens is 359 g/mol. The van der Waals surface area contributed by atoms with Crippen LogP contribution in [0.2, 0.25) is 0 Å². The van der Waals surface area contributed by atoms with Crippen LogP contribution < -0.4 is 4.90 Å². The minimum Gasteiger partial charge on any atom is -0.408 e. The van der Waals surface area contributed by atoms with Crippen molar-refractivity contribution in [3.63, 3.8) is 0 Å². The molecule has 1 radical (unpaired) electrons. The number of carbonyl (C=O) groups excluding carboxylic acids is 1. The topological polar surface area (TPSA) is 68.5 Å². The van der Waals surface area contributed by atoms with Crippen LogP contribution >= 0.6 is 0 Å². The quantitative estimate of drug-likeness (QED) is 0.605. The Kier molecular flexibility index (Phi) is 6.84. The molecule has 0 aliphatic rings. The van der Waals surface area contributed by atoms with E-state index in [1.165, 1.54) is 12.0 Å². The van der Waals surface area contributed by atoms with E-state index >= 15 is 0 Å². The van der Waals surface area contributed by atoms with Crippen molar-refractivity contribution in [1.29, 1.82) is 0 Å². The van der Waals surface area contributed by atoms with Gasteiger partial charge >= 0.3 is 6.01 Å². The summed E-state index contributed by atoms with van der Waals surface area (Å²) in [5, 5.41) is 7.67. The fourth-order valence-electron chi connectivity index (χ4n) is 2.00. The summed E-state index contributed by atoms with van der Waals surface area (Å²) in [6.07, 6.45) is -0.530. The predicted octanol–water partition coefficient (Wildman–Crippen LogP) is 2.43. The molecule has 0 aliphatic heterocycles. The van der Waals surface area contributed by atoms with Crippen LogP contribution in [0, 0.1) is 26.8 Å². The van der Waals surface area contributed by atoms with Gasteiger partial charge in [0.1, 0.15) is 6.23 Å². The van der Waals surface area contributed by atoms with Crippen molar-refractivity contribution >= 4 is 11.9 Å². The van der Waals surface area contributed by atoms with Crippen molar-refractivity contribution in [2.45, 2.75) is 33.9 Å². The second kappa shape index (κ2) is 7.95. The van der Waals surface area contributed by atoms with Crippen LogP contribution in [-0.2, 0) is 37.4 Å². The van der Waals surface area contributed by atoms with Crippen LogP contribution in [0.5, 0.6) is 0 Å². The molecule has 2 aromatic rings. The van der Waals surface area contributed by atoms with Gasteiger partial charge in [0.2, 0.25) is 11.8 Å². The number of rotatable bonds is 4. The van der Waals surface area contributed by atoms with Gasteiger partial charge in [-0.05, 0) is 6.92 Å². The minimum absolute atomic E-state index is 0. The number of anilines is 1.